The van der Waals surface area contributed by atoms with Crippen molar-refractivity contribution in [1.29, 1.82) is 0 Å². The summed E-state index contributed by atoms with van der Waals surface area (Å²) in [5.41, 5.74) is 1.96. The van der Waals surface area contributed by atoms with Crippen molar-refractivity contribution in [2.75, 3.05) is 0 Å². The van der Waals surface area contributed by atoms with Gasteiger partial charge in [0, 0.05) is 6.92 Å². The van der Waals surface area contributed by atoms with E-state index < -0.39 is 0 Å². The zero-order valence-electron chi connectivity index (χ0n) is 7.27. The minimum Gasteiger partial charge on any atom is -0.441 e. The van der Waals surface area contributed by atoms with Crippen molar-refractivity contribution in [3.05, 3.63) is 23.9 Å². The molecule has 0 amide bonds. The molecule has 2 heteroatoms. The van der Waals surface area contributed by atoms with E-state index in [4.69, 9.17) is 4.42 Å². The van der Waals surface area contributed by atoms with Crippen LogP contribution in [0.2, 0.25) is 0 Å². The molecule has 0 aliphatic rings. The summed E-state index contributed by atoms with van der Waals surface area (Å²) in [4.78, 5) is 4.22. The first kappa shape index (κ1) is 8.05. The molecule has 60 valence electrons. The minimum absolute atomic E-state index is 0.722. The molecule has 0 saturated heterocycles. The Kier molecular flexibility index (Phi) is 2.13. The van der Waals surface area contributed by atoms with Gasteiger partial charge >= 0.3 is 0 Å². The molecule has 0 bridgehead atoms. The predicted octanol–water partition coefficient (Wildman–Crippen LogP) is 2.58. The molecular formula is C9H13NO. The van der Waals surface area contributed by atoms with Gasteiger partial charge in [0.2, 0.25) is 0 Å². The topological polar surface area (TPSA) is 26.0 Å². The van der Waals surface area contributed by atoms with E-state index in [1.165, 1.54) is 0 Å². The van der Waals surface area contributed by atoms with Gasteiger partial charge in [-0.25, -0.2) is 4.98 Å². The molecule has 0 spiro atoms. The lowest BCUT2D eigenvalue weighted by molar-refractivity contribution is 0.508. The third kappa shape index (κ3) is 1.50. The molecule has 0 aliphatic heterocycles. The maximum absolute atomic E-state index is 5.36. The van der Waals surface area contributed by atoms with E-state index in [1.807, 2.05) is 13.8 Å². The van der Waals surface area contributed by atoms with Gasteiger partial charge in [-0.3, -0.25) is 0 Å². The Hall–Kier alpha value is -1.05. The zero-order chi connectivity index (χ0) is 8.43. The van der Waals surface area contributed by atoms with Gasteiger partial charge in [-0.2, -0.15) is 0 Å². The van der Waals surface area contributed by atoms with Crippen LogP contribution >= 0.6 is 0 Å². The van der Waals surface area contributed by atoms with E-state index in [0.717, 1.165) is 29.3 Å². The third-order valence-electron chi connectivity index (χ3n) is 1.53. The number of oxazole rings is 1. The van der Waals surface area contributed by atoms with Gasteiger partial charge in [0.25, 0.3) is 0 Å². The van der Waals surface area contributed by atoms with Crippen LogP contribution in [-0.2, 0) is 6.42 Å². The van der Waals surface area contributed by atoms with Gasteiger partial charge in [-0.05, 0) is 18.9 Å². The Labute approximate surface area is 66.9 Å². The molecule has 11 heavy (non-hydrogen) atoms. The number of allylic oxidation sites excluding steroid dienone is 1. The van der Waals surface area contributed by atoms with Gasteiger partial charge in [-0.1, -0.05) is 13.5 Å². The summed E-state index contributed by atoms with van der Waals surface area (Å²) in [6, 6.07) is 0. The summed E-state index contributed by atoms with van der Waals surface area (Å²) in [5.74, 6) is 1.57. The number of aromatic nitrogens is 1. The molecule has 0 N–H and O–H groups in total. The van der Waals surface area contributed by atoms with Crippen molar-refractivity contribution >= 4 is 5.57 Å². The predicted molar refractivity (Wildman–Crippen MR) is 45.3 cm³/mol. The van der Waals surface area contributed by atoms with Crippen LogP contribution in [0.1, 0.15) is 31.2 Å². The van der Waals surface area contributed by atoms with Crippen molar-refractivity contribution in [3.8, 4) is 0 Å². The zero-order valence-corrected chi connectivity index (χ0v) is 7.27. The number of hydrogen-bond acceptors (Lipinski definition) is 2. The summed E-state index contributed by atoms with van der Waals surface area (Å²) < 4.78 is 5.36. The van der Waals surface area contributed by atoms with Crippen LogP contribution < -0.4 is 0 Å². The molecule has 0 radical (unpaired) electrons. The Morgan fingerprint density at radius 1 is 1.64 bits per heavy atom. The van der Waals surface area contributed by atoms with Gasteiger partial charge in [0.05, 0.1) is 5.69 Å². The van der Waals surface area contributed by atoms with Crippen molar-refractivity contribution in [2.24, 2.45) is 0 Å². The van der Waals surface area contributed by atoms with Crippen molar-refractivity contribution < 1.29 is 4.42 Å². The summed E-state index contributed by atoms with van der Waals surface area (Å²) in [6.45, 7) is 9.66. The number of aryl methyl sites for hydroxylation is 2. The van der Waals surface area contributed by atoms with Gasteiger partial charge < -0.3 is 4.42 Å². The summed E-state index contributed by atoms with van der Waals surface area (Å²) in [6.07, 6.45) is 0.902. The van der Waals surface area contributed by atoms with Gasteiger partial charge in [0.15, 0.2) is 11.7 Å². The molecule has 2 nitrogen and oxygen atoms in total. The van der Waals surface area contributed by atoms with E-state index in [1.54, 1.807) is 0 Å². The molecular weight excluding hydrogens is 138 g/mol. The molecule has 0 atom stereocenters. The Morgan fingerprint density at radius 2 is 2.27 bits per heavy atom. The largest absolute Gasteiger partial charge is 0.441 e. The summed E-state index contributed by atoms with van der Waals surface area (Å²) in [5, 5.41) is 0. The molecule has 0 unspecified atom stereocenters. The van der Waals surface area contributed by atoms with Crippen molar-refractivity contribution in [3.63, 3.8) is 0 Å². The maximum atomic E-state index is 5.36. The van der Waals surface area contributed by atoms with E-state index in [-0.39, 0.29) is 0 Å². The lowest BCUT2D eigenvalue weighted by Gasteiger charge is -1.93. The number of rotatable bonds is 2. The second-order valence-electron chi connectivity index (χ2n) is 2.64. The Morgan fingerprint density at radius 3 is 2.64 bits per heavy atom. The first-order valence-electron chi connectivity index (χ1n) is 3.77. The van der Waals surface area contributed by atoms with Crippen LogP contribution in [0.25, 0.3) is 5.57 Å². The van der Waals surface area contributed by atoms with Crippen LogP contribution in [0.3, 0.4) is 0 Å². The second-order valence-corrected chi connectivity index (χ2v) is 2.64. The fourth-order valence-corrected chi connectivity index (χ4v) is 1.04. The van der Waals surface area contributed by atoms with E-state index in [2.05, 4.69) is 18.5 Å². The molecule has 1 aromatic rings. The van der Waals surface area contributed by atoms with Crippen LogP contribution in [0.15, 0.2) is 11.0 Å². The molecule has 0 aliphatic carbocycles. The smallest absolute Gasteiger partial charge is 0.192 e. The fraction of sp³-hybridized carbons (Fsp3) is 0.444. The number of nitrogens with zero attached hydrogens (tertiary/aromatic N) is 1. The second kappa shape index (κ2) is 2.91. The first-order chi connectivity index (χ1) is 5.15. The number of hydrogen-bond donors (Lipinski definition) is 0. The highest BCUT2D eigenvalue weighted by atomic mass is 16.4. The minimum atomic E-state index is 0.722. The fourth-order valence-electron chi connectivity index (χ4n) is 1.04. The Bertz CT molecular complexity index is 273. The SMILES string of the molecule is C=C(C)c1oc(C)nc1CC. The van der Waals surface area contributed by atoms with Crippen LogP contribution in [-0.4, -0.2) is 4.98 Å². The van der Waals surface area contributed by atoms with E-state index in [9.17, 15) is 0 Å². The molecule has 1 heterocycles. The van der Waals surface area contributed by atoms with Gasteiger partial charge in [0.1, 0.15) is 0 Å². The van der Waals surface area contributed by atoms with Crippen LogP contribution in [0, 0.1) is 6.92 Å². The normalized spacial score (nSPS) is 10.1. The molecule has 1 aromatic heterocycles. The van der Waals surface area contributed by atoms with Crippen molar-refractivity contribution in [1.82, 2.24) is 4.98 Å². The quantitative estimate of drug-likeness (QED) is 0.649. The highest BCUT2D eigenvalue weighted by molar-refractivity contribution is 5.58. The van der Waals surface area contributed by atoms with E-state index in [0.29, 0.717) is 0 Å². The highest BCUT2D eigenvalue weighted by Crippen LogP contribution is 2.18. The van der Waals surface area contributed by atoms with Crippen LogP contribution in [0.4, 0.5) is 0 Å². The van der Waals surface area contributed by atoms with Crippen LogP contribution in [0.5, 0.6) is 0 Å². The average Bonchev–Trinajstić information content (AvgIpc) is 2.30. The van der Waals surface area contributed by atoms with Crippen molar-refractivity contribution in [2.45, 2.75) is 27.2 Å². The summed E-state index contributed by atoms with van der Waals surface area (Å²) >= 11 is 0. The van der Waals surface area contributed by atoms with E-state index >= 15 is 0 Å². The lowest BCUT2D eigenvalue weighted by Crippen LogP contribution is -1.84. The lowest BCUT2D eigenvalue weighted by atomic mass is 10.2. The molecule has 0 aromatic carbocycles. The monoisotopic (exact) mass is 151 g/mol. The third-order valence-corrected chi connectivity index (χ3v) is 1.53. The summed E-state index contributed by atoms with van der Waals surface area (Å²) in [7, 11) is 0. The highest BCUT2D eigenvalue weighted by Gasteiger charge is 2.08. The Balaban J connectivity index is 3.12. The maximum Gasteiger partial charge on any atom is 0.192 e. The first-order valence-corrected chi connectivity index (χ1v) is 3.77. The molecule has 0 fully saturated rings. The standard InChI is InChI=1S/C9H13NO/c1-5-8-9(6(2)3)11-7(4)10-8/h2,5H2,1,3-4H3. The molecule has 1 rings (SSSR count). The molecule has 0 saturated carbocycles. The van der Waals surface area contributed by atoms with Gasteiger partial charge in [-0.15, -0.1) is 0 Å². The average molecular weight is 151 g/mol.